The molecule has 0 aliphatic carbocycles. The number of hydrogen-bond donors (Lipinski definition) is 0. The maximum absolute atomic E-state index is 12.5. The molecule has 0 aliphatic heterocycles. The van der Waals surface area contributed by atoms with Crippen molar-refractivity contribution in [2.75, 3.05) is 7.11 Å². The molecule has 1 rings (SSSR count). The molecule has 0 unspecified atom stereocenters. The fourth-order valence-corrected chi connectivity index (χ4v) is 1.30. The molecule has 0 atom stereocenters. The molecule has 0 fully saturated rings. The topological polar surface area (TPSA) is 9.23 Å². The minimum atomic E-state index is -4.36. The van der Waals surface area contributed by atoms with Gasteiger partial charge in [-0.2, -0.15) is 13.2 Å². The van der Waals surface area contributed by atoms with Crippen LogP contribution in [0.2, 0.25) is 0 Å². The van der Waals surface area contributed by atoms with Gasteiger partial charge in [0.1, 0.15) is 5.75 Å². The van der Waals surface area contributed by atoms with Crippen LogP contribution in [0.4, 0.5) is 13.2 Å². The standard InChI is InChI=1S/C11H13F3O/c1-7(2)8-4-5-9(11(12,13)14)10(6-8)15-3/h4-7H,1-3H3. The van der Waals surface area contributed by atoms with Crippen molar-refractivity contribution in [3.05, 3.63) is 29.3 Å². The van der Waals surface area contributed by atoms with Gasteiger partial charge in [-0.15, -0.1) is 0 Å². The summed E-state index contributed by atoms with van der Waals surface area (Å²) in [6.07, 6.45) is -4.36. The Morgan fingerprint density at radius 2 is 1.80 bits per heavy atom. The van der Waals surface area contributed by atoms with Crippen molar-refractivity contribution in [1.82, 2.24) is 0 Å². The first-order valence-corrected chi connectivity index (χ1v) is 4.61. The summed E-state index contributed by atoms with van der Waals surface area (Å²) in [4.78, 5) is 0. The molecular formula is C11H13F3O. The summed E-state index contributed by atoms with van der Waals surface area (Å²) >= 11 is 0. The Balaban J connectivity index is 3.21. The molecule has 1 aromatic carbocycles. The van der Waals surface area contributed by atoms with Crippen LogP contribution in [0.25, 0.3) is 0 Å². The fraction of sp³-hybridized carbons (Fsp3) is 0.455. The summed E-state index contributed by atoms with van der Waals surface area (Å²) in [6, 6.07) is 3.98. The zero-order valence-electron chi connectivity index (χ0n) is 8.85. The van der Waals surface area contributed by atoms with Crippen LogP contribution in [0, 0.1) is 0 Å². The molecule has 0 N–H and O–H groups in total. The number of benzene rings is 1. The van der Waals surface area contributed by atoms with Gasteiger partial charge in [0.25, 0.3) is 0 Å². The lowest BCUT2D eigenvalue weighted by molar-refractivity contribution is -0.138. The maximum atomic E-state index is 12.5. The first-order valence-electron chi connectivity index (χ1n) is 4.61. The minimum absolute atomic E-state index is 0.117. The Morgan fingerprint density at radius 3 is 2.20 bits per heavy atom. The highest BCUT2D eigenvalue weighted by Crippen LogP contribution is 2.37. The number of halogens is 3. The number of hydrogen-bond acceptors (Lipinski definition) is 1. The summed E-state index contributed by atoms with van der Waals surface area (Å²) in [5.41, 5.74) is 0.106. The van der Waals surface area contributed by atoms with E-state index >= 15 is 0 Å². The van der Waals surface area contributed by atoms with Crippen LogP contribution in [0.1, 0.15) is 30.9 Å². The van der Waals surface area contributed by atoms with E-state index in [4.69, 9.17) is 4.74 Å². The zero-order valence-corrected chi connectivity index (χ0v) is 8.85. The summed E-state index contributed by atoms with van der Waals surface area (Å²) in [5, 5.41) is 0. The predicted octanol–water partition coefficient (Wildman–Crippen LogP) is 3.84. The van der Waals surface area contributed by atoms with Crippen LogP contribution in [-0.2, 0) is 6.18 Å². The quantitative estimate of drug-likeness (QED) is 0.732. The molecule has 4 heteroatoms. The molecule has 0 saturated carbocycles. The van der Waals surface area contributed by atoms with Gasteiger partial charge < -0.3 is 4.74 Å². The normalized spacial score (nSPS) is 11.9. The van der Waals surface area contributed by atoms with E-state index in [2.05, 4.69) is 0 Å². The first-order chi connectivity index (χ1) is 6.86. The van der Waals surface area contributed by atoms with Gasteiger partial charge in [-0.25, -0.2) is 0 Å². The van der Waals surface area contributed by atoms with Gasteiger partial charge in [0.05, 0.1) is 12.7 Å². The minimum Gasteiger partial charge on any atom is -0.496 e. The number of alkyl halides is 3. The van der Waals surface area contributed by atoms with Crippen LogP contribution >= 0.6 is 0 Å². The highest BCUT2D eigenvalue weighted by Gasteiger charge is 2.34. The predicted molar refractivity (Wildman–Crippen MR) is 52.1 cm³/mol. The summed E-state index contributed by atoms with van der Waals surface area (Å²) < 4.78 is 42.2. The van der Waals surface area contributed by atoms with Crippen molar-refractivity contribution < 1.29 is 17.9 Å². The van der Waals surface area contributed by atoms with E-state index in [9.17, 15) is 13.2 Å². The average molecular weight is 218 g/mol. The number of methoxy groups -OCH3 is 1. The van der Waals surface area contributed by atoms with Crippen LogP contribution in [0.3, 0.4) is 0 Å². The molecule has 84 valence electrons. The third-order valence-corrected chi connectivity index (χ3v) is 2.20. The van der Waals surface area contributed by atoms with Crippen molar-refractivity contribution in [1.29, 1.82) is 0 Å². The van der Waals surface area contributed by atoms with Gasteiger partial charge in [0, 0.05) is 0 Å². The van der Waals surface area contributed by atoms with Crippen LogP contribution in [0.5, 0.6) is 5.75 Å². The smallest absolute Gasteiger partial charge is 0.419 e. The molecule has 0 heterocycles. The van der Waals surface area contributed by atoms with E-state index in [0.29, 0.717) is 0 Å². The van der Waals surface area contributed by atoms with Crippen molar-refractivity contribution in [2.24, 2.45) is 0 Å². The molecule has 0 amide bonds. The van der Waals surface area contributed by atoms with Gasteiger partial charge in [-0.1, -0.05) is 19.9 Å². The van der Waals surface area contributed by atoms with Crippen molar-refractivity contribution in [2.45, 2.75) is 25.9 Å². The van der Waals surface area contributed by atoms with Gasteiger partial charge in [-0.3, -0.25) is 0 Å². The van der Waals surface area contributed by atoms with Gasteiger partial charge >= 0.3 is 6.18 Å². The second-order valence-corrected chi connectivity index (χ2v) is 3.61. The summed E-state index contributed by atoms with van der Waals surface area (Å²) in [6.45, 7) is 3.84. The molecular weight excluding hydrogens is 205 g/mol. The third-order valence-electron chi connectivity index (χ3n) is 2.20. The SMILES string of the molecule is COc1cc(C(C)C)ccc1C(F)(F)F. The van der Waals surface area contributed by atoms with Crippen molar-refractivity contribution in [3.63, 3.8) is 0 Å². The molecule has 0 spiro atoms. The lowest BCUT2D eigenvalue weighted by atomic mass is 10.0. The lowest BCUT2D eigenvalue weighted by Gasteiger charge is -2.14. The number of rotatable bonds is 2. The first kappa shape index (κ1) is 11.9. The lowest BCUT2D eigenvalue weighted by Crippen LogP contribution is -2.08. The molecule has 1 aromatic rings. The van der Waals surface area contributed by atoms with Crippen molar-refractivity contribution in [3.8, 4) is 5.75 Å². The Hall–Kier alpha value is -1.19. The Morgan fingerprint density at radius 1 is 1.20 bits per heavy atom. The van der Waals surface area contributed by atoms with E-state index in [-0.39, 0.29) is 11.7 Å². The molecule has 0 aliphatic rings. The Labute approximate surface area is 86.9 Å². The molecule has 0 bridgehead atoms. The Bertz CT molecular complexity index is 342. The van der Waals surface area contributed by atoms with E-state index in [0.717, 1.165) is 11.6 Å². The highest BCUT2D eigenvalue weighted by molar-refractivity contribution is 5.40. The molecule has 15 heavy (non-hydrogen) atoms. The van der Waals surface area contributed by atoms with E-state index in [1.165, 1.54) is 19.2 Å². The molecule has 0 radical (unpaired) electrons. The van der Waals surface area contributed by atoms with Crippen LogP contribution in [0.15, 0.2) is 18.2 Å². The maximum Gasteiger partial charge on any atom is 0.419 e. The second kappa shape index (κ2) is 4.13. The largest absolute Gasteiger partial charge is 0.496 e. The molecule has 0 aromatic heterocycles. The third kappa shape index (κ3) is 2.64. The zero-order chi connectivity index (χ0) is 11.6. The van der Waals surface area contributed by atoms with Crippen molar-refractivity contribution >= 4 is 0 Å². The monoisotopic (exact) mass is 218 g/mol. The summed E-state index contributed by atoms with van der Waals surface area (Å²) in [5.74, 6) is 0.0647. The molecule has 0 saturated heterocycles. The fourth-order valence-electron chi connectivity index (χ4n) is 1.30. The van der Waals surface area contributed by atoms with Gasteiger partial charge in [0.15, 0.2) is 0 Å². The van der Waals surface area contributed by atoms with Gasteiger partial charge in [0.2, 0.25) is 0 Å². The van der Waals surface area contributed by atoms with Gasteiger partial charge in [-0.05, 0) is 23.6 Å². The molecule has 1 nitrogen and oxygen atoms in total. The number of ether oxygens (including phenoxy) is 1. The van der Waals surface area contributed by atoms with E-state index in [1.807, 2.05) is 13.8 Å². The van der Waals surface area contributed by atoms with E-state index in [1.54, 1.807) is 0 Å². The Kier molecular flexibility index (Phi) is 3.27. The van der Waals surface area contributed by atoms with Crippen LogP contribution in [-0.4, -0.2) is 7.11 Å². The van der Waals surface area contributed by atoms with Crippen LogP contribution < -0.4 is 4.74 Å². The highest BCUT2D eigenvalue weighted by atomic mass is 19.4. The average Bonchev–Trinajstić information content (AvgIpc) is 2.15. The second-order valence-electron chi connectivity index (χ2n) is 3.61. The summed E-state index contributed by atoms with van der Waals surface area (Å²) in [7, 11) is 1.24. The van der Waals surface area contributed by atoms with E-state index < -0.39 is 11.7 Å².